The number of hydrogen-bond donors (Lipinski definition) is 11. The van der Waals surface area contributed by atoms with Gasteiger partial charge in [0, 0.05) is 17.9 Å². The molecule has 6 bridgehead atoms. The lowest BCUT2D eigenvalue weighted by Gasteiger charge is -2.67. The lowest BCUT2D eigenvalue weighted by Crippen LogP contribution is -2.80. The highest BCUT2D eigenvalue weighted by molar-refractivity contribution is 5.89. The predicted octanol–water partition coefficient (Wildman–Crippen LogP) is -4.13. The predicted molar refractivity (Wildman–Crippen MR) is 205 cm³/mol. The molecule has 22 heteroatoms. The van der Waals surface area contributed by atoms with Crippen LogP contribution in [-0.2, 0) is 49.2 Å². The molecule has 22 nitrogen and oxygen atoms in total. The third kappa shape index (κ3) is 7.19. The molecular formula is C42H54O22. The Labute approximate surface area is 364 Å². The van der Waals surface area contributed by atoms with Crippen LogP contribution in [0.25, 0.3) is 0 Å². The number of ether oxygens (including phenoxy) is 10. The van der Waals surface area contributed by atoms with Gasteiger partial charge in [-0.2, -0.15) is 0 Å². The van der Waals surface area contributed by atoms with E-state index in [1.54, 1.807) is 55.5 Å². The van der Waals surface area contributed by atoms with Crippen LogP contribution in [0.3, 0.4) is 0 Å². The summed E-state index contributed by atoms with van der Waals surface area (Å²) in [5.41, 5.74) is -3.17. The molecule has 3 saturated carbocycles. The van der Waals surface area contributed by atoms with Crippen LogP contribution in [0, 0.1) is 11.3 Å². The normalized spacial score (nSPS) is 47.9. The van der Waals surface area contributed by atoms with Crippen molar-refractivity contribution in [3.05, 3.63) is 65.7 Å². The van der Waals surface area contributed by atoms with Crippen LogP contribution in [-0.4, -0.2) is 204 Å². The molecular weight excluding hydrogens is 856 g/mol. The van der Waals surface area contributed by atoms with E-state index in [1.165, 1.54) is 6.07 Å². The Morgan fingerprint density at radius 1 is 0.703 bits per heavy atom. The molecule has 3 aliphatic carbocycles. The first kappa shape index (κ1) is 46.1. The summed E-state index contributed by atoms with van der Waals surface area (Å²) < 4.78 is 59.5. The van der Waals surface area contributed by atoms with Gasteiger partial charge in [0.1, 0.15) is 96.8 Å². The van der Waals surface area contributed by atoms with E-state index in [-0.39, 0.29) is 31.8 Å². The van der Waals surface area contributed by atoms with Crippen LogP contribution in [0.1, 0.15) is 35.7 Å². The Kier molecular flexibility index (Phi) is 12.4. The average Bonchev–Trinajstić information content (AvgIpc) is 3.48. The Hall–Kier alpha value is -3.05. The van der Waals surface area contributed by atoms with Crippen molar-refractivity contribution in [2.24, 2.45) is 11.3 Å². The number of para-hydroxylation sites is 1. The summed E-state index contributed by atoms with van der Waals surface area (Å²) in [6.07, 6.45) is -24.9. The Morgan fingerprint density at radius 2 is 1.33 bits per heavy atom. The number of aliphatic hydroxyl groups excluding tert-OH is 10. The van der Waals surface area contributed by atoms with E-state index in [2.05, 4.69) is 0 Å². The Morgan fingerprint density at radius 3 is 2.05 bits per heavy atom. The molecule has 0 spiro atoms. The molecule has 0 unspecified atom stereocenters. The smallest absolute Gasteiger partial charge is 0.338 e. The molecule has 6 aliphatic heterocycles. The lowest BCUT2D eigenvalue weighted by atomic mass is 9.41. The molecule has 0 radical (unpaired) electrons. The zero-order valence-electron chi connectivity index (χ0n) is 34.4. The molecule has 6 saturated heterocycles. The highest BCUT2D eigenvalue weighted by atomic mass is 16.8. The average molecular weight is 911 g/mol. The second kappa shape index (κ2) is 17.2. The number of rotatable bonds is 15. The number of hydrogen-bond acceptors (Lipinski definition) is 22. The first-order valence-corrected chi connectivity index (χ1v) is 21.1. The molecule has 0 amide bonds. The van der Waals surface area contributed by atoms with Crippen molar-refractivity contribution in [1.29, 1.82) is 0 Å². The molecule has 0 aromatic heterocycles. The van der Waals surface area contributed by atoms with E-state index in [0.29, 0.717) is 11.1 Å². The van der Waals surface area contributed by atoms with Crippen molar-refractivity contribution in [2.75, 3.05) is 26.4 Å². The summed E-state index contributed by atoms with van der Waals surface area (Å²) in [4.78, 5) is 13.1. The SMILES string of the molecule is C[C@@]12C[C@@]3(O)O[C@@H](O1)[C@]1(COC(=O)c4ccccc4)[C@H]3C[C@@]12O[C@@H]1O[C@H](CO)[C@@H](OCc2ccccc2O[C@@H]2O[C@H](CO[C@@H]3O[C@H](CO)[C@H](O)[C@H](O)[C@H]3O)[C@@H](O)[C@H](O)[C@H]2O)[C@H](O)[C@H]1O. The van der Waals surface area contributed by atoms with Gasteiger partial charge in [-0.1, -0.05) is 36.4 Å². The maximum Gasteiger partial charge on any atom is 0.338 e. The Balaban J connectivity index is 0.857. The van der Waals surface area contributed by atoms with Crippen LogP contribution >= 0.6 is 0 Å². The third-order valence-corrected chi connectivity index (χ3v) is 14.1. The van der Waals surface area contributed by atoms with E-state index < -0.39 is 153 Å². The van der Waals surface area contributed by atoms with Gasteiger partial charge in [-0.25, -0.2) is 4.79 Å². The van der Waals surface area contributed by atoms with Gasteiger partial charge in [-0.3, -0.25) is 0 Å². The van der Waals surface area contributed by atoms with Crippen molar-refractivity contribution in [3.8, 4) is 5.75 Å². The van der Waals surface area contributed by atoms with Crippen molar-refractivity contribution >= 4 is 5.97 Å². The zero-order valence-corrected chi connectivity index (χ0v) is 34.4. The quantitative estimate of drug-likeness (QED) is 0.0756. The summed E-state index contributed by atoms with van der Waals surface area (Å²) in [6.45, 7) is -0.870. The molecule has 2 aromatic rings. The lowest BCUT2D eigenvalue weighted by molar-refractivity contribution is -0.425. The number of benzene rings is 2. The fourth-order valence-electron chi connectivity index (χ4n) is 10.7. The van der Waals surface area contributed by atoms with Crippen molar-refractivity contribution < 1.29 is 108 Å². The third-order valence-electron chi connectivity index (χ3n) is 14.1. The van der Waals surface area contributed by atoms with E-state index in [9.17, 15) is 61.0 Å². The summed E-state index contributed by atoms with van der Waals surface area (Å²) in [5, 5.41) is 117. The largest absolute Gasteiger partial charge is 0.462 e. The molecule has 354 valence electrons. The number of carbonyl (C=O) groups excluding carboxylic acids is 1. The highest BCUT2D eigenvalue weighted by Crippen LogP contribution is 2.81. The van der Waals surface area contributed by atoms with Gasteiger partial charge in [0.25, 0.3) is 0 Å². The summed E-state index contributed by atoms with van der Waals surface area (Å²) in [6, 6.07) is 14.6. The van der Waals surface area contributed by atoms with Crippen LogP contribution in [0.4, 0.5) is 0 Å². The highest BCUT2D eigenvalue weighted by Gasteiger charge is 2.94. The first-order chi connectivity index (χ1) is 30.5. The maximum atomic E-state index is 13.1. The summed E-state index contributed by atoms with van der Waals surface area (Å²) in [5.74, 6) is -2.73. The molecule has 6 heterocycles. The molecule has 21 atom stereocenters. The van der Waals surface area contributed by atoms with Crippen molar-refractivity contribution in [2.45, 2.75) is 142 Å². The maximum absolute atomic E-state index is 13.1. The van der Waals surface area contributed by atoms with E-state index in [1.807, 2.05) is 0 Å². The number of esters is 1. The van der Waals surface area contributed by atoms with Gasteiger partial charge in [-0.15, -0.1) is 0 Å². The molecule has 64 heavy (non-hydrogen) atoms. The number of carbonyl (C=O) groups is 1. The monoisotopic (exact) mass is 910 g/mol. The van der Waals surface area contributed by atoms with Crippen LogP contribution in [0.2, 0.25) is 0 Å². The van der Waals surface area contributed by atoms with E-state index in [4.69, 9.17) is 47.4 Å². The minimum Gasteiger partial charge on any atom is -0.462 e. The second-order valence-corrected chi connectivity index (χ2v) is 17.8. The van der Waals surface area contributed by atoms with E-state index >= 15 is 0 Å². The summed E-state index contributed by atoms with van der Waals surface area (Å²) in [7, 11) is 0. The molecule has 9 fully saturated rings. The van der Waals surface area contributed by atoms with Gasteiger partial charge in [0.2, 0.25) is 6.29 Å². The number of aliphatic hydroxyl groups is 11. The van der Waals surface area contributed by atoms with Crippen LogP contribution < -0.4 is 4.74 Å². The molecule has 2 aromatic carbocycles. The van der Waals surface area contributed by atoms with Crippen molar-refractivity contribution in [3.63, 3.8) is 0 Å². The van der Waals surface area contributed by atoms with Gasteiger partial charge in [-0.05, 0) is 31.5 Å². The fourth-order valence-corrected chi connectivity index (χ4v) is 10.7. The van der Waals surface area contributed by atoms with Crippen molar-refractivity contribution in [1.82, 2.24) is 0 Å². The first-order valence-electron chi connectivity index (χ1n) is 21.1. The minimum atomic E-state index is -1.83. The zero-order chi connectivity index (χ0) is 45.5. The molecule has 11 rings (SSSR count). The van der Waals surface area contributed by atoms with E-state index in [0.717, 1.165) is 0 Å². The standard InChI is InChI=1S/C42H54O22/c1-39-16-41(54)24-11-42(39,40(24,38(63-39)64-41)17-57-34(53)18-7-3-2-4-8-18)62-37-32(52)29(49)33(22(13-44)60-37)55-14-19-9-5-6-10-20(19)58-36-31(51)28(48)26(46)23(61-36)15-56-35-30(50)27(47)25(45)21(12-43)59-35/h2-10,21-33,35-38,43-52,54H,11-17H2,1H3/t21-,22-,23-,24-,25+,26-,27+,28+,29-,30-,31-,32-,33-,35-,36-,37+,38-,39+,40+,41-,42+/m1/s1. The molecule has 9 aliphatic rings. The van der Waals surface area contributed by atoms with Crippen LogP contribution in [0.15, 0.2) is 54.6 Å². The summed E-state index contributed by atoms with van der Waals surface area (Å²) >= 11 is 0. The topological polar surface area (TPSA) is 332 Å². The Bertz CT molecular complexity index is 1980. The minimum absolute atomic E-state index is 0.00336. The van der Waals surface area contributed by atoms with Gasteiger partial charge in [0.15, 0.2) is 24.7 Å². The molecule has 11 N–H and O–H groups in total. The van der Waals surface area contributed by atoms with Gasteiger partial charge < -0.3 is 104 Å². The van der Waals surface area contributed by atoms with Gasteiger partial charge >= 0.3 is 5.97 Å². The fraction of sp³-hybridized carbons (Fsp3) is 0.690. The van der Waals surface area contributed by atoms with Gasteiger partial charge in [0.05, 0.1) is 37.4 Å². The second-order valence-electron chi connectivity index (χ2n) is 17.8. The van der Waals surface area contributed by atoms with Crippen LogP contribution in [0.5, 0.6) is 5.75 Å².